The van der Waals surface area contributed by atoms with E-state index in [1.165, 1.54) is 112 Å². The molecule has 1 heterocycles. The summed E-state index contributed by atoms with van der Waals surface area (Å²) in [6.07, 6.45) is 19.4. The highest BCUT2D eigenvalue weighted by atomic mass is 14.7. The number of benzene rings is 2. The zero-order valence-corrected chi connectivity index (χ0v) is 20.0. The Kier molecular flexibility index (Phi) is 11.7. The molecule has 0 bridgehead atoms. The Morgan fingerprint density at radius 3 is 1.81 bits per heavy atom. The highest BCUT2D eigenvalue weighted by Crippen LogP contribution is 2.36. The van der Waals surface area contributed by atoms with Gasteiger partial charge in [0.25, 0.3) is 0 Å². The Balaban J connectivity index is 0.00000341. The molecule has 0 aliphatic rings. The fourth-order valence-corrected chi connectivity index (χ4v) is 5.03. The van der Waals surface area contributed by atoms with Crippen molar-refractivity contribution in [3.63, 3.8) is 0 Å². The van der Waals surface area contributed by atoms with E-state index < -0.39 is 0 Å². The van der Waals surface area contributed by atoms with Crippen LogP contribution < -0.4 is 6.15 Å². The van der Waals surface area contributed by atoms with Crippen molar-refractivity contribution in [2.45, 2.75) is 110 Å². The molecule has 3 rings (SSSR count). The van der Waals surface area contributed by atoms with E-state index in [1.54, 1.807) is 5.56 Å². The van der Waals surface area contributed by atoms with Gasteiger partial charge >= 0.3 is 0 Å². The fraction of sp³-hybridized carbons (Fsp3) is 0.586. The molecule has 0 amide bonds. The van der Waals surface area contributed by atoms with Crippen LogP contribution in [0.5, 0.6) is 0 Å². The van der Waals surface area contributed by atoms with Gasteiger partial charge in [-0.15, -0.1) is 0 Å². The van der Waals surface area contributed by atoms with Crippen molar-refractivity contribution >= 4 is 21.8 Å². The number of unbranched alkanes of at least 4 members (excludes halogenated alkanes) is 10. The predicted molar refractivity (Wildman–Crippen MR) is 137 cm³/mol. The maximum atomic E-state index is 3.76. The number of H-pyrrole nitrogens is 1. The Morgan fingerprint density at radius 1 is 0.613 bits per heavy atom. The van der Waals surface area contributed by atoms with E-state index in [0.717, 1.165) is 0 Å². The second-order valence-corrected chi connectivity index (χ2v) is 9.25. The second-order valence-electron chi connectivity index (χ2n) is 9.25. The lowest BCUT2D eigenvalue weighted by atomic mass is 9.87. The molecule has 31 heavy (non-hydrogen) atoms. The first-order chi connectivity index (χ1) is 14.8. The summed E-state index contributed by atoms with van der Waals surface area (Å²) < 4.78 is 0. The van der Waals surface area contributed by atoms with Crippen LogP contribution in [0.1, 0.15) is 115 Å². The van der Waals surface area contributed by atoms with Crippen molar-refractivity contribution in [3.05, 3.63) is 48.0 Å². The molecular formula is C29H43N2. The number of rotatable bonds is 15. The average molecular weight is 420 g/mol. The lowest BCUT2D eigenvalue weighted by Gasteiger charge is -2.19. The van der Waals surface area contributed by atoms with Crippen LogP contribution in [0.2, 0.25) is 0 Å². The number of aromatic amines is 1. The number of hydrogen-bond acceptors (Lipinski definition) is 0. The lowest BCUT2D eigenvalue weighted by molar-refractivity contribution is 0.488. The number of fused-ring (bicyclic) bond motifs is 3. The van der Waals surface area contributed by atoms with Crippen LogP contribution in [-0.2, 0) is 0 Å². The molecule has 2 nitrogen and oxygen atoms in total. The van der Waals surface area contributed by atoms with E-state index in [2.05, 4.69) is 61.3 Å². The van der Waals surface area contributed by atoms with E-state index in [-0.39, 0.29) is 6.15 Å². The lowest BCUT2D eigenvalue weighted by Crippen LogP contribution is -2.01. The first kappa shape index (κ1) is 25.5. The number of hydrogen-bond donors (Lipinski definition) is 1. The zero-order valence-electron chi connectivity index (χ0n) is 20.0. The second kappa shape index (κ2) is 14.3. The van der Waals surface area contributed by atoms with Crippen molar-refractivity contribution in [2.24, 2.45) is 0 Å². The molecule has 3 radical (unpaired) electrons. The van der Waals surface area contributed by atoms with Gasteiger partial charge in [0.15, 0.2) is 0 Å². The van der Waals surface area contributed by atoms with Crippen LogP contribution in [0.4, 0.5) is 0 Å². The third kappa shape index (κ3) is 7.38. The zero-order chi connectivity index (χ0) is 21.0. The summed E-state index contributed by atoms with van der Waals surface area (Å²) in [5.74, 6) is 0.694. The molecule has 1 N–H and O–H groups in total. The van der Waals surface area contributed by atoms with Crippen molar-refractivity contribution < 1.29 is 0 Å². The maximum absolute atomic E-state index is 3.76. The third-order valence-electron chi connectivity index (χ3n) is 6.83. The van der Waals surface area contributed by atoms with Gasteiger partial charge in [-0.25, -0.2) is 0 Å². The van der Waals surface area contributed by atoms with Crippen molar-refractivity contribution in [3.8, 4) is 0 Å². The smallest absolute Gasteiger partial charge is 0.0500 e. The van der Waals surface area contributed by atoms with E-state index in [9.17, 15) is 0 Å². The Hall–Kier alpha value is -1.80. The van der Waals surface area contributed by atoms with Crippen LogP contribution in [0.15, 0.2) is 42.5 Å². The van der Waals surface area contributed by atoms with Gasteiger partial charge in [0.05, 0.1) is 0 Å². The summed E-state index contributed by atoms with van der Waals surface area (Å²) in [6.45, 7) is 4.61. The summed E-state index contributed by atoms with van der Waals surface area (Å²) in [5, 5.41) is 2.77. The first-order valence-electron chi connectivity index (χ1n) is 12.8. The molecule has 0 unspecified atom stereocenters. The number of nitrogens with zero attached hydrogens (tertiary/aromatic N) is 1. The summed E-state index contributed by atoms with van der Waals surface area (Å²) >= 11 is 0. The van der Waals surface area contributed by atoms with Gasteiger partial charge in [0.1, 0.15) is 0 Å². The van der Waals surface area contributed by atoms with Crippen LogP contribution in [0.3, 0.4) is 0 Å². The SMILES string of the molecule is CCCCCCCCC(CCCCCCCC)c1cccc2c1[nH]c1ccccc12.[N]. The molecule has 0 saturated carbocycles. The molecule has 0 aliphatic carbocycles. The molecule has 2 aromatic carbocycles. The predicted octanol–water partition coefficient (Wildman–Crippen LogP) is 9.43. The van der Waals surface area contributed by atoms with Gasteiger partial charge in [-0.3, -0.25) is 0 Å². The van der Waals surface area contributed by atoms with Crippen LogP contribution >= 0.6 is 0 Å². The normalized spacial score (nSPS) is 11.5. The molecule has 169 valence electrons. The van der Waals surface area contributed by atoms with Crippen LogP contribution in [0.25, 0.3) is 21.8 Å². The number of aromatic nitrogens is 1. The quantitative estimate of drug-likeness (QED) is 0.238. The van der Waals surface area contributed by atoms with Crippen molar-refractivity contribution in [1.82, 2.24) is 11.1 Å². The summed E-state index contributed by atoms with van der Waals surface area (Å²) in [7, 11) is 0. The summed E-state index contributed by atoms with van der Waals surface area (Å²) in [5.41, 5.74) is 4.23. The van der Waals surface area contributed by atoms with Gasteiger partial charge in [0, 0.05) is 28.0 Å². The van der Waals surface area contributed by atoms with Crippen molar-refractivity contribution in [2.75, 3.05) is 0 Å². The minimum atomic E-state index is 0. The monoisotopic (exact) mass is 419 g/mol. The Bertz CT molecular complexity index is 847. The van der Waals surface area contributed by atoms with Crippen LogP contribution in [-0.4, -0.2) is 4.98 Å². The molecule has 0 aliphatic heterocycles. The standard InChI is InChI=1S/C29H43N.N/c1-3-5-7-9-11-13-18-24(19-14-12-10-8-6-4-2)25-21-17-22-27-26-20-15-16-23-28(26)30-29(25)27;/h15-17,20-24,30H,3-14,18-19H2,1-2H3;. The minimum Gasteiger partial charge on any atom is -0.354 e. The highest BCUT2D eigenvalue weighted by molar-refractivity contribution is 6.08. The molecule has 0 fully saturated rings. The largest absolute Gasteiger partial charge is 0.354 e. The molecule has 0 atom stereocenters. The third-order valence-corrected chi connectivity index (χ3v) is 6.83. The number of para-hydroxylation sites is 2. The maximum Gasteiger partial charge on any atom is 0.0500 e. The van der Waals surface area contributed by atoms with Gasteiger partial charge in [-0.1, -0.05) is 127 Å². The van der Waals surface area contributed by atoms with E-state index in [4.69, 9.17) is 0 Å². The Labute approximate surface area is 190 Å². The van der Waals surface area contributed by atoms with Crippen molar-refractivity contribution in [1.29, 1.82) is 0 Å². The highest BCUT2D eigenvalue weighted by Gasteiger charge is 2.16. The van der Waals surface area contributed by atoms with Crippen LogP contribution in [0, 0.1) is 0 Å². The average Bonchev–Trinajstić information content (AvgIpc) is 3.16. The van der Waals surface area contributed by atoms with E-state index >= 15 is 0 Å². The number of nitrogens with one attached hydrogen (secondary N) is 1. The molecule has 1 aromatic heterocycles. The topological polar surface area (TPSA) is 46.3 Å². The van der Waals surface area contributed by atoms with Gasteiger partial charge in [0.2, 0.25) is 0 Å². The minimum absolute atomic E-state index is 0. The fourth-order valence-electron chi connectivity index (χ4n) is 5.03. The molecule has 2 heteroatoms. The molecule has 3 aromatic rings. The molecule has 0 spiro atoms. The summed E-state index contributed by atoms with van der Waals surface area (Å²) in [4.78, 5) is 3.76. The first-order valence-corrected chi connectivity index (χ1v) is 12.8. The summed E-state index contributed by atoms with van der Waals surface area (Å²) in [6, 6.07) is 15.8. The van der Waals surface area contributed by atoms with Gasteiger partial charge < -0.3 is 4.98 Å². The Morgan fingerprint density at radius 2 is 1.16 bits per heavy atom. The van der Waals surface area contributed by atoms with Gasteiger partial charge in [-0.2, -0.15) is 0 Å². The molecular weight excluding hydrogens is 376 g/mol. The van der Waals surface area contributed by atoms with E-state index in [1.807, 2.05) is 0 Å². The molecule has 0 saturated heterocycles. The van der Waals surface area contributed by atoms with E-state index in [0.29, 0.717) is 5.92 Å². The van der Waals surface area contributed by atoms with Gasteiger partial charge in [-0.05, 0) is 30.4 Å².